The van der Waals surface area contributed by atoms with E-state index in [1.165, 1.54) is 18.4 Å². The minimum atomic E-state index is -3.23. The molecular formula is C6H16N2O2S. The van der Waals surface area contributed by atoms with Gasteiger partial charge in [-0.25, -0.2) is 0 Å². The van der Waals surface area contributed by atoms with Crippen molar-refractivity contribution in [2.45, 2.75) is 26.3 Å². The average Bonchev–Trinajstić information content (AvgIpc) is 1.86. The quantitative estimate of drug-likeness (QED) is 0.671. The van der Waals surface area contributed by atoms with E-state index in [0.29, 0.717) is 0 Å². The normalized spacial score (nSPS) is 15.4. The SMILES string of the molecule is CC[C@@H](C)NS(=O)(=O)N(C)C. The number of nitrogens with zero attached hydrogens (tertiary/aromatic N) is 1. The number of hydrogen-bond donors (Lipinski definition) is 1. The van der Waals surface area contributed by atoms with Gasteiger partial charge >= 0.3 is 0 Å². The van der Waals surface area contributed by atoms with E-state index >= 15 is 0 Å². The van der Waals surface area contributed by atoms with Gasteiger partial charge < -0.3 is 0 Å². The molecule has 0 amide bonds. The van der Waals surface area contributed by atoms with Crippen molar-refractivity contribution in [2.75, 3.05) is 14.1 Å². The molecule has 0 bridgehead atoms. The molecule has 0 fully saturated rings. The molecule has 0 aromatic heterocycles. The number of rotatable bonds is 4. The molecule has 0 aromatic carbocycles. The molecule has 0 spiro atoms. The molecule has 0 aliphatic rings. The lowest BCUT2D eigenvalue weighted by Gasteiger charge is -2.16. The summed E-state index contributed by atoms with van der Waals surface area (Å²) in [5.74, 6) is 0. The highest BCUT2D eigenvalue weighted by atomic mass is 32.2. The first kappa shape index (κ1) is 10.9. The maximum atomic E-state index is 11.1. The Morgan fingerprint density at radius 3 is 2.18 bits per heavy atom. The molecule has 0 saturated heterocycles. The highest BCUT2D eigenvalue weighted by Gasteiger charge is 2.14. The number of hydrogen-bond acceptors (Lipinski definition) is 2. The molecule has 0 saturated carbocycles. The van der Waals surface area contributed by atoms with Gasteiger partial charge in [0.15, 0.2) is 0 Å². The van der Waals surface area contributed by atoms with Crippen LogP contribution in [0.2, 0.25) is 0 Å². The second kappa shape index (κ2) is 4.04. The Balaban J connectivity index is 4.15. The Hall–Kier alpha value is -0.130. The second-order valence-corrected chi connectivity index (χ2v) is 4.63. The fraction of sp³-hybridized carbons (Fsp3) is 1.00. The topological polar surface area (TPSA) is 49.4 Å². The Bertz CT molecular complexity index is 199. The molecule has 0 aliphatic heterocycles. The van der Waals surface area contributed by atoms with Gasteiger partial charge in [0, 0.05) is 20.1 Å². The van der Waals surface area contributed by atoms with Crippen LogP contribution in [0.25, 0.3) is 0 Å². The van der Waals surface area contributed by atoms with Gasteiger partial charge in [-0.05, 0) is 13.3 Å². The van der Waals surface area contributed by atoms with Crippen molar-refractivity contribution in [3.05, 3.63) is 0 Å². The molecule has 0 rings (SSSR count). The molecule has 4 nitrogen and oxygen atoms in total. The molecule has 11 heavy (non-hydrogen) atoms. The van der Waals surface area contributed by atoms with E-state index in [1.807, 2.05) is 13.8 Å². The third-order valence-corrected chi connectivity index (χ3v) is 3.10. The van der Waals surface area contributed by atoms with Crippen molar-refractivity contribution in [2.24, 2.45) is 0 Å². The zero-order valence-corrected chi connectivity index (χ0v) is 8.27. The van der Waals surface area contributed by atoms with Gasteiger partial charge in [-0.3, -0.25) is 0 Å². The van der Waals surface area contributed by atoms with E-state index in [-0.39, 0.29) is 6.04 Å². The summed E-state index contributed by atoms with van der Waals surface area (Å²) in [5.41, 5.74) is 0. The average molecular weight is 180 g/mol. The van der Waals surface area contributed by atoms with E-state index in [4.69, 9.17) is 0 Å². The van der Waals surface area contributed by atoms with Gasteiger partial charge in [-0.15, -0.1) is 0 Å². The zero-order chi connectivity index (χ0) is 9.07. The van der Waals surface area contributed by atoms with Crippen molar-refractivity contribution >= 4 is 10.2 Å². The maximum absolute atomic E-state index is 11.1. The monoisotopic (exact) mass is 180 g/mol. The summed E-state index contributed by atoms with van der Waals surface area (Å²) < 4.78 is 25.9. The van der Waals surface area contributed by atoms with E-state index < -0.39 is 10.2 Å². The van der Waals surface area contributed by atoms with Crippen LogP contribution in [0.1, 0.15) is 20.3 Å². The molecule has 0 heterocycles. The Kier molecular flexibility index (Phi) is 3.99. The summed E-state index contributed by atoms with van der Waals surface area (Å²) in [7, 11) is -0.217. The first-order valence-corrected chi connectivity index (χ1v) is 5.04. The molecule has 5 heteroatoms. The van der Waals surface area contributed by atoms with E-state index in [0.717, 1.165) is 6.42 Å². The third-order valence-electron chi connectivity index (χ3n) is 1.44. The van der Waals surface area contributed by atoms with Gasteiger partial charge in [0.2, 0.25) is 0 Å². The van der Waals surface area contributed by atoms with Crippen LogP contribution >= 0.6 is 0 Å². The van der Waals surface area contributed by atoms with Gasteiger partial charge in [-0.2, -0.15) is 17.4 Å². The van der Waals surface area contributed by atoms with Crippen LogP contribution in [0.4, 0.5) is 0 Å². The van der Waals surface area contributed by atoms with Crippen LogP contribution in [0, 0.1) is 0 Å². The summed E-state index contributed by atoms with van der Waals surface area (Å²) in [4.78, 5) is 0. The van der Waals surface area contributed by atoms with Crippen molar-refractivity contribution in [3.63, 3.8) is 0 Å². The maximum Gasteiger partial charge on any atom is 0.279 e. The predicted molar refractivity (Wildman–Crippen MR) is 45.5 cm³/mol. The van der Waals surface area contributed by atoms with Gasteiger partial charge in [0.1, 0.15) is 0 Å². The first-order chi connectivity index (χ1) is 4.90. The standard InChI is InChI=1S/C6H16N2O2S/c1-5-6(2)7-11(9,10)8(3)4/h6-7H,5H2,1-4H3/t6-/m1/s1. The van der Waals surface area contributed by atoms with Crippen LogP contribution in [-0.4, -0.2) is 32.9 Å². The fourth-order valence-electron chi connectivity index (χ4n) is 0.443. The van der Waals surface area contributed by atoms with Crippen LogP contribution in [0.3, 0.4) is 0 Å². The van der Waals surface area contributed by atoms with E-state index in [2.05, 4.69) is 4.72 Å². The third kappa shape index (κ3) is 3.69. The summed E-state index contributed by atoms with van der Waals surface area (Å²) in [5, 5.41) is 0. The van der Waals surface area contributed by atoms with E-state index in [9.17, 15) is 8.42 Å². The summed E-state index contributed by atoms with van der Waals surface area (Å²) >= 11 is 0. The Morgan fingerprint density at radius 1 is 1.45 bits per heavy atom. The summed E-state index contributed by atoms with van der Waals surface area (Å²) in [6.07, 6.45) is 0.799. The fourth-order valence-corrected chi connectivity index (χ4v) is 1.33. The van der Waals surface area contributed by atoms with Crippen LogP contribution < -0.4 is 4.72 Å². The molecule has 0 unspecified atom stereocenters. The van der Waals surface area contributed by atoms with E-state index in [1.54, 1.807) is 0 Å². The molecule has 0 aromatic rings. The highest BCUT2D eigenvalue weighted by molar-refractivity contribution is 7.87. The summed E-state index contributed by atoms with van der Waals surface area (Å²) in [6, 6.07) is 0.00222. The van der Waals surface area contributed by atoms with Crippen LogP contribution in [0.15, 0.2) is 0 Å². The Labute approximate surface area is 68.8 Å². The van der Waals surface area contributed by atoms with Crippen molar-refractivity contribution in [3.8, 4) is 0 Å². The lowest BCUT2D eigenvalue weighted by molar-refractivity contribution is 0.489. The highest BCUT2D eigenvalue weighted by Crippen LogP contribution is 1.94. The van der Waals surface area contributed by atoms with Crippen molar-refractivity contribution in [1.29, 1.82) is 0 Å². The summed E-state index contributed by atoms with van der Waals surface area (Å²) in [6.45, 7) is 3.77. The smallest absolute Gasteiger partial charge is 0.199 e. The van der Waals surface area contributed by atoms with Crippen molar-refractivity contribution < 1.29 is 8.42 Å². The molecule has 1 atom stereocenters. The lowest BCUT2D eigenvalue weighted by atomic mass is 10.3. The number of nitrogens with one attached hydrogen (secondary N) is 1. The molecule has 0 radical (unpaired) electrons. The van der Waals surface area contributed by atoms with Gasteiger partial charge in [0.05, 0.1) is 0 Å². The van der Waals surface area contributed by atoms with Gasteiger partial charge in [-0.1, -0.05) is 6.92 Å². The van der Waals surface area contributed by atoms with Gasteiger partial charge in [0.25, 0.3) is 10.2 Å². The molecule has 1 N–H and O–H groups in total. The molecule has 0 aliphatic carbocycles. The predicted octanol–water partition coefficient (Wildman–Crippen LogP) is 0.181. The minimum absolute atomic E-state index is 0.00222. The lowest BCUT2D eigenvalue weighted by Crippen LogP contribution is -2.40. The molecular weight excluding hydrogens is 164 g/mol. The van der Waals surface area contributed by atoms with Crippen LogP contribution in [-0.2, 0) is 10.2 Å². The second-order valence-electron chi connectivity index (χ2n) is 2.71. The Morgan fingerprint density at radius 2 is 1.91 bits per heavy atom. The minimum Gasteiger partial charge on any atom is -0.199 e. The van der Waals surface area contributed by atoms with Crippen LogP contribution in [0.5, 0.6) is 0 Å². The largest absolute Gasteiger partial charge is 0.279 e. The first-order valence-electron chi connectivity index (χ1n) is 3.60. The van der Waals surface area contributed by atoms with Crippen molar-refractivity contribution in [1.82, 2.24) is 9.03 Å². The molecule has 68 valence electrons. The zero-order valence-electron chi connectivity index (χ0n) is 7.46.